The number of rotatable bonds is 10. The van der Waals surface area contributed by atoms with Crippen LogP contribution >= 0.6 is 0 Å². The van der Waals surface area contributed by atoms with Gasteiger partial charge in [-0.2, -0.15) is 0 Å². The van der Waals surface area contributed by atoms with E-state index in [1.54, 1.807) is 7.11 Å². The molecule has 0 aliphatic heterocycles. The number of ether oxygens (including phenoxy) is 1. The summed E-state index contributed by atoms with van der Waals surface area (Å²) >= 11 is 0. The number of carbonyl (C=O) groups excluding carboxylic acids is 1. The van der Waals surface area contributed by atoms with Crippen LogP contribution in [0.25, 0.3) is 0 Å². The van der Waals surface area contributed by atoms with Crippen LogP contribution in [0.4, 0.5) is 0 Å². The summed E-state index contributed by atoms with van der Waals surface area (Å²) in [5.41, 5.74) is 5.87. The molecule has 1 rings (SSSR count). The Morgan fingerprint density at radius 2 is 2.21 bits per heavy atom. The number of hydrogen-bond acceptors (Lipinski definition) is 4. The number of nitrogens with zero attached hydrogens (tertiary/aromatic N) is 1. The lowest BCUT2D eigenvalue weighted by atomic mass is 10.1. The maximum absolute atomic E-state index is 11.9. The molecule has 1 amide bonds. The highest BCUT2D eigenvalue weighted by molar-refractivity contribution is 5.77. The smallest absolute Gasteiger partial charge is 0.221 e. The van der Waals surface area contributed by atoms with Crippen LogP contribution in [0.5, 0.6) is 0 Å². The third-order valence-electron chi connectivity index (χ3n) is 3.82. The zero-order chi connectivity index (χ0) is 14.3. The predicted molar refractivity (Wildman–Crippen MR) is 77.0 cm³/mol. The molecular weight excluding hydrogens is 242 g/mol. The first-order valence-corrected chi connectivity index (χ1v) is 7.36. The Labute approximate surface area is 116 Å². The van der Waals surface area contributed by atoms with Gasteiger partial charge in [-0.15, -0.1) is 0 Å². The SMILES string of the molecule is CCC(C)N(CCOC)C(CN)CC(=O)NC1CC1. The molecule has 112 valence electrons. The molecule has 5 heteroatoms. The van der Waals surface area contributed by atoms with Crippen molar-refractivity contribution in [2.45, 2.75) is 57.7 Å². The van der Waals surface area contributed by atoms with Crippen molar-refractivity contribution in [3.8, 4) is 0 Å². The Morgan fingerprint density at radius 1 is 1.53 bits per heavy atom. The topological polar surface area (TPSA) is 67.6 Å². The van der Waals surface area contributed by atoms with Crippen molar-refractivity contribution in [3.05, 3.63) is 0 Å². The van der Waals surface area contributed by atoms with Crippen LogP contribution in [0.3, 0.4) is 0 Å². The van der Waals surface area contributed by atoms with E-state index in [0.717, 1.165) is 25.8 Å². The predicted octanol–water partition coefficient (Wildman–Crippen LogP) is 0.729. The van der Waals surface area contributed by atoms with E-state index in [1.807, 2.05) is 0 Å². The van der Waals surface area contributed by atoms with Gasteiger partial charge in [-0.1, -0.05) is 6.92 Å². The number of hydrogen-bond donors (Lipinski definition) is 2. The Morgan fingerprint density at radius 3 is 2.68 bits per heavy atom. The van der Waals surface area contributed by atoms with E-state index < -0.39 is 0 Å². The lowest BCUT2D eigenvalue weighted by Crippen LogP contribution is -2.49. The summed E-state index contributed by atoms with van der Waals surface area (Å²) in [4.78, 5) is 14.2. The molecule has 2 unspecified atom stereocenters. The standard InChI is InChI=1S/C14H29N3O2/c1-4-11(2)17(7-8-19-3)13(10-15)9-14(18)16-12-5-6-12/h11-13H,4-10,15H2,1-3H3,(H,16,18). The molecule has 1 aliphatic rings. The Bertz CT molecular complexity index is 269. The normalized spacial score (nSPS) is 18.4. The van der Waals surface area contributed by atoms with Crippen molar-refractivity contribution in [2.75, 3.05) is 26.8 Å². The summed E-state index contributed by atoms with van der Waals surface area (Å²) in [5, 5.41) is 3.03. The molecule has 0 aromatic heterocycles. The third kappa shape index (κ3) is 5.89. The lowest BCUT2D eigenvalue weighted by molar-refractivity contribution is -0.122. The summed E-state index contributed by atoms with van der Waals surface area (Å²) < 4.78 is 5.16. The minimum absolute atomic E-state index is 0.101. The van der Waals surface area contributed by atoms with E-state index in [2.05, 4.69) is 24.1 Å². The van der Waals surface area contributed by atoms with Crippen LogP contribution in [0.2, 0.25) is 0 Å². The van der Waals surface area contributed by atoms with Gasteiger partial charge in [-0.3, -0.25) is 9.69 Å². The Balaban J connectivity index is 2.51. The van der Waals surface area contributed by atoms with Crippen molar-refractivity contribution in [1.82, 2.24) is 10.2 Å². The first-order chi connectivity index (χ1) is 9.12. The van der Waals surface area contributed by atoms with E-state index in [9.17, 15) is 4.79 Å². The lowest BCUT2D eigenvalue weighted by Gasteiger charge is -2.35. The van der Waals surface area contributed by atoms with Gasteiger partial charge >= 0.3 is 0 Å². The minimum Gasteiger partial charge on any atom is -0.383 e. The monoisotopic (exact) mass is 271 g/mol. The largest absolute Gasteiger partial charge is 0.383 e. The molecule has 1 fully saturated rings. The minimum atomic E-state index is 0.101. The Hall–Kier alpha value is -0.650. The van der Waals surface area contributed by atoms with E-state index in [1.165, 1.54) is 0 Å². The number of carbonyl (C=O) groups is 1. The van der Waals surface area contributed by atoms with E-state index in [4.69, 9.17) is 10.5 Å². The summed E-state index contributed by atoms with van der Waals surface area (Å²) in [5.74, 6) is 0.128. The number of nitrogens with two attached hydrogens (primary N) is 1. The molecule has 1 saturated carbocycles. The van der Waals surface area contributed by atoms with Crippen molar-refractivity contribution in [1.29, 1.82) is 0 Å². The van der Waals surface area contributed by atoms with E-state index in [-0.39, 0.29) is 11.9 Å². The molecule has 5 nitrogen and oxygen atoms in total. The molecule has 0 spiro atoms. The van der Waals surface area contributed by atoms with Crippen LogP contribution in [-0.2, 0) is 9.53 Å². The van der Waals surface area contributed by atoms with Gasteiger partial charge in [0.2, 0.25) is 5.91 Å². The van der Waals surface area contributed by atoms with Crippen molar-refractivity contribution in [2.24, 2.45) is 5.73 Å². The molecular formula is C14H29N3O2. The summed E-state index contributed by atoms with van der Waals surface area (Å²) in [6.45, 7) is 6.33. The first-order valence-electron chi connectivity index (χ1n) is 7.36. The van der Waals surface area contributed by atoms with Gasteiger partial charge in [0.15, 0.2) is 0 Å². The maximum atomic E-state index is 11.9. The number of nitrogens with one attached hydrogen (secondary N) is 1. The maximum Gasteiger partial charge on any atom is 0.221 e. The second-order valence-electron chi connectivity index (χ2n) is 5.42. The van der Waals surface area contributed by atoms with Crippen molar-refractivity contribution < 1.29 is 9.53 Å². The fraction of sp³-hybridized carbons (Fsp3) is 0.929. The molecule has 3 N–H and O–H groups in total. The van der Waals surface area contributed by atoms with Crippen molar-refractivity contribution in [3.63, 3.8) is 0 Å². The molecule has 19 heavy (non-hydrogen) atoms. The van der Waals surface area contributed by atoms with Crippen LogP contribution < -0.4 is 11.1 Å². The third-order valence-corrected chi connectivity index (χ3v) is 3.82. The molecule has 0 bridgehead atoms. The number of amides is 1. The van der Waals surface area contributed by atoms with E-state index >= 15 is 0 Å². The second kappa shape index (κ2) is 8.51. The number of methoxy groups -OCH3 is 1. The summed E-state index contributed by atoms with van der Waals surface area (Å²) in [6.07, 6.45) is 3.78. The van der Waals surface area contributed by atoms with Gasteiger partial charge in [0.05, 0.1) is 6.61 Å². The average molecular weight is 271 g/mol. The average Bonchev–Trinajstić information content (AvgIpc) is 3.20. The van der Waals surface area contributed by atoms with Gasteiger partial charge in [0.25, 0.3) is 0 Å². The van der Waals surface area contributed by atoms with Crippen LogP contribution in [0, 0.1) is 0 Å². The molecule has 0 saturated heterocycles. The zero-order valence-electron chi connectivity index (χ0n) is 12.5. The quantitative estimate of drug-likeness (QED) is 0.615. The molecule has 0 aromatic carbocycles. The fourth-order valence-corrected chi connectivity index (χ4v) is 2.26. The van der Waals surface area contributed by atoms with E-state index in [0.29, 0.717) is 31.7 Å². The summed E-state index contributed by atoms with van der Waals surface area (Å²) in [7, 11) is 1.70. The van der Waals surface area contributed by atoms with Gasteiger partial charge in [0, 0.05) is 44.7 Å². The zero-order valence-corrected chi connectivity index (χ0v) is 12.5. The molecule has 0 aromatic rings. The molecule has 2 atom stereocenters. The van der Waals surface area contributed by atoms with Gasteiger partial charge < -0.3 is 15.8 Å². The highest BCUT2D eigenvalue weighted by Gasteiger charge is 2.27. The van der Waals surface area contributed by atoms with Gasteiger partial charge in [0.1, 0.15) is 0 Å². The van der Waals surface area contributed by atoms with Crippen LogP contribution in [-0.4, -0.2) is 55.7 Å². The molecule has 0 radical (unpaired) electrons. The fourth-order valence-electron chi connectivity index (χ4n) is 2.26. The summed E-state index contributed by atoms with van der Waals surface area (Å²) in [6, 6.07) is 0.934. The highest BCUT2D eigenvalue weighted by atomic mass is 16.5. The molecule has 0 heterocycles. The van der Waals surface area contributed by atoms with Crippen molar-refractivity contribution >= 4 is 5.91 Å². The first kappa shape index (κ1) is 16.4. The second-order valence-corrected chi connectivity index (χ2v) is 5.42. The van der Waals surface area contributed by atoms with Gasteiger partial charge in [-0.25, -0.2) is 0 Å². The molecule has 1 aliphatic carbocycles. The van der Waals surface area contributed by atoms with Crippen LogP contribution in [0.15, 0.2) is 0 Å². The Kier molecular flexibility index (Phi) is 7.34. The van der Waals surface area contributed by atoms with Crippen LogP contribution in [0.1, 0.15) is 39.5 Å². The highest BCUT2D eigenvalue weighted by Crippen LogP contribution is 2.19. The van der Waals surface area contributed by atoms with Gasteiger partial charge in [-0.05, 0) is 26.2 Å².